The summed E-state index contributed by atoms with van der Waals surface area (Å²) in [6.45, 7) is 1.88. The van der Waals surface area contributed by atoms with Gasteiger partial charge >= 0.3 is 0 Å². The maximum Gasteiger partial charge on any atom is 0.196 e. The van der Waals surface area contributed by atoms with E-state index >= 15 is 0 Å². The van der Waals surface area contributed by atoms with Gasteiger partial charge in [0.2, 0.25) is 0 Å². The second kappa shape index (κ2) is 7.28. The summed E-state index contributed by atoms with van der Waals surface area (Å²) in [7, 11) is 0. The molecule has 1 aromatic heterocycles. The zero-order valence-corrected chi connectivity index (χ0v) is 18.0. The van der Waals surface area contributed by atoms with Gasteiger partial charge in [0.15, 0.2) is 11.6 Å². The van der Waals surface area contributed by atoms with Crippen LogP contribution < -0.4 is 4.90 Å². The lowest BCUT2D eigenvalue weighted by Gasteiger charge is -2.24. The van der Waals surface area contributed by atoms with Gasteiger partial charge in [0, 0.05) is 40.9 Å². The zero-order valence-electron chi connectivity index (χ0n) is 17.3. The monoisotopic (exact) mass is 438 g/mol. The van der Waals surface area contributed by atoms with Gasteiger partial charge in [0.05, 0.1) is 27.4 Å². The Morgan fingerprint density at radius 2 is 1.41 bits per heavy atom. The van der Waals surface area contributed by atoms with Crippen LogP contribution in [0.15, 0.2) is 66.7 Å². The summed E-state index contributed by atoms with van der Waals surface area (Å²) < 4.78 is 0. The molecule has 156 valence electrons. The van der Waals surface area contributed by atoms with E-state index in [2.05, 4.69) is 11.0 Å². The average molecular weight is 439 g/mol. The number of aromatic nitrogens is 1. The van der Waals surface area contributed by atoms with Gasteiger partial charge in [0.1, 0.15) is 0 Å². The number of carbonyl (C=O) groups excluding carboxylic acids is 2. The Hall–Kier alpha value is -3.50. The topological polar surface area (TPSA) is 50.3 Å². The van der Waals surface area contributed by atoms with Crippen molar-refractivity contribution in [1.82, 2.24) is 4.98 Å². The van der Waals surface area contributed by atoms with Crippen LogP contribution in [-0.2, 0) is 0 Å². The first kappa shape index (κ1) is 19.2. The molecule has 1 aliphatic carbocycles. The van der Waals surface area contributed by atoms with E-state index in [4.69, 9.17) is 16.6 Å². The average Bonchev–Trinajstić information content (AvgIpc) is 3.37. The maximum absolute atomic E-state index is 13.6. The fourth-order valence-corrected chi connectivity index (χ4v) is 5.17. The molecule has 1 aliphatic heterocycles. The molecule has 6 rings (SSSR count). The largest absolute Gasteiger partial charge is 0.371 e. The highest BCUT2D eigenvalue weighted by Crippen LogP contribution is 2.41. The van der Waals surface area contributed by atoms with E-state index in [0.29, 0.717) is 27.2 Å². The SMILES string of the molecule is O=C1c2ccccc2C(=O)c2c1c(Cl)cc1c(N3CCCC3)cc(-c3ccccc3)nc21. The lowest BCUT2D eigenvalue weighted by Crippen LogP contribution is -2.23. The smallest absolute Gasteiger partial charge is 0.196 e. The van der Waals surface area contributed by atoms with Crippen LogP contribution in [0, 0.1) is 0 Å². The van der Waals surface area contributed by atoms with Gasteiger partial charge in [-0.05, 0) is 25.0 Å². The van der Waals surface area contributed by atoms with Crippen molar-refractivity contribution in [2.24, 2.45) is 0 Å². The third-order valence-corrected chi connectivity index (χ3v) is 6.72. The van der Waals surface area contributed by atoms with Crippen molar-refractivity contribution in [3.05, 3.63) is 94.0 Å². The molecule has 0 radical (unpaired) electrons. The number of hydrogen-bond donors (Lipinski definition) is 0. The Morgan fingerprint density at radius 3 is 2.09 bits per heavy atom. The van der Waals surface area contributed by atoms with Crippen LogP contribution >= 0.6 is 11.6 Å². The summed E-state index contributed by atoms with van der Waals surface area (Å²) in [5.41, 5.74) is 4.67. The van der Waals surface area contributed by atoms with Crippen molar-refractivity contribution in [2.45, 2.75) is 12.8 Å². The Morgan fingerprint density at radius 1 is 0.781 bits per heavy atom. The fourth-order valence-electron chi connectivity index (χ4n) is 4.88. The quantitative estimate of drug-likeness (QED) is 0.342. The van der Waals surface area contributed by atoms with Crippen molar-refractivity contribution in [3.8, 4) is 11.3 Å². The molecule has 2 heterocycles. The molecule has 4 nitrogen and oxygen atoms in total. The third-order valence-electron chi connectivity index (χ3n) is 6.42. The highest BCUT2D eigenvalue weighted by molar-refractivity contribution is 6.41. The van der Waals surface area contributed by atoms with E-state index < -0.39 is 0 Å². The number of anilines is 1. The van der Waals surface area contributed by atoms with Crippen molar-refractivity contribution in [2.75, 3.05) is 18.0 Å². The summed E-state index contributed by atoms with van der Waals surface area (Å²) >= 11 is 6.66. The molecule has 0 unspecified atom stereocenters. The highest BCUT2D eigenvalue weighted by Gasteiger charge is 2.34. The van der Waals surface area contributed by atoms with Crippen LogP contribution in [0.2, 0.25) is 5.02 Å². The molecule has 0 N–H and O–H groups in total. The summed E-state index contributed by atoms with van der Waals surface area (Å²) in [4.78, 5) is 34.2. The minimum absolute atomic E-state index is 0.201. The summed E-state index contributed by atoms with van der Waals surface area (Å²) in [6, 6.07) is 20.7. The molecule has 3 aromatic carbocycles. The predicted octanol–water partition coefficient (Wildman–Crippen LogP) is 5.93. The normalized spacial score (nSPS) is 15.2. The number of ketones is 2. The van der Waals surface area contributed by atoms with Crippen LogP contribution in [-0.4, -0.2) is 29.6 Å². The number of benzene rings is 3. The van der Waals surface area contributed by atoms with Gasteiger partial charge in [0.25, 0.3) is 0 Å². The molecule has 5 heteroatoms. The maximum atomic E-state index is 13.6. The second-order valence-electron chi connectivity index (χ2n) is 8.30. The predicted molar refractivity (Wildman–Crippen MR) is 127 cm³/mol. The van der Waals surface area contributed by atoms with Gasteiger partial charge in [-0.15, -0.1) is 0 Å². The number of pyridine rings is 1. The number of fused-ring (bicyclic) bond motifs is 4. The third kappa shape index (κ3) is 2.80. The van der Waals surface area contributed by atoms with Crippen molar-refractivity contribution in [3.63, 3.8) is 0 Å². The van der Waals surface area contributed by atoms with Crippen LogP contribution in [0.3, 0.4) is 0 Å². The minimum Gasteiger partial charge on any atom is -0.371 e. The molecule has 4 aromatic rings. The van der Waals surface area contributed by atoms with E-state index in [9.17, 15) is 9.59 Å². The number of nitrogens with zero attached hydrogens (tertiary/aromatic N) is 2. The van der Waals surface area contributed by atoms with Crippen molar-refractivity contribution < 1.29 is 9.59 Å². The van der Waals surface area contributed by atoms with Gasteiger partial charge in [-0.2, -0.15) is 0 Å². The van der Waals surface area contributed by atoms with Gasteiger partial charge in [-0.25, -0.2) is 4.98 Å². The van der Waals surface area contributed by atoms with Crippen LogP contribution in [0.25, 0.3) is 22.2 Å². The van der Waals surface area contributed by atoms with E-state index in [1.54, 1.807) is 24.3 Å². The van der Waals surface area contributed by atoms with E-state index in [-0.39, 0.29) is 17.1 Å². The Kier molecular flexibility index (Phi) is 4.37. The molecule has 0 amide bonds. The lowest BCUT2D eigenvalue weighted by atomic mass is 9.82. The molecule has 0 bridgehead atoms. The van der Waals surface area contributed by atoms with Crippen molar-refractivity contribution >= 4 is 39.8 Å². The van der Waals surface area contributed by atoms with Gasteiger partial charge in [-0.3, -0.25) is 9.59 Å². The van der Waals surface area contributed by atoms with Crippen LogP contribution in [0.1, 0.15) is 44.7 Å². The van der Waals surface area contributed by atoms with E-state index in [1.165, 1.54) is 0 Å². The van der Waals surface area contributed by atoms with Crippen LogP contribution in [0.4, 0.5) is 5.69 Å². The van der Waals surface area contributed by atoms with Gasteiger partial charge < -0.3 is 4.90 Å². The molecule has 32 heavy (non-hydrogen) atoms. The molecule has 0 spiro atoms. The number of halogens is 1. The van der Waals surface area contributed by atoms with E-state index in [0.717, 1.165) is 48.3 Å². The van der Waals surface area contributed by atoms with E-state index in [1.807, 2.05) is 36.4 Å². The molecule has 2 aliphatic rings. The summed E-state index contributed by atoms with van der Waals surface area (Å²) in [5.74, 6) is -0.426. The Balaban J connectivity index is 1.71. The minimum atomic E-state index is -0.225. The number of hydrogen-bond acceptors (Lipinski definition) is 4. The molecule has 1 fully saturated rings. The summed E-state index contributed by atoms with van der Waals surface area (Å²) in [6.07, 6.45) is 2.24. The van der Waals surface area contributed by atoms with Crippen LogP contribution in [0.5, 0.6) is 0 Å². The molecular formula is C27H19ClN2O2. The lowest BCUT2D eigenvalue weighted by molar-refractivity contribution is 0.0980. The zero-order chi connectivity index (χ0) is 21.8. The van der Waals surface area contributed by atoms with Crippen molar-refractivity contribution in [1.29, 1.82) is 0 Å². The number of carbonyl (C=O) groups is 2. The Labute approximate surface area is 190 Å². The molecule has 0 atom stereocenters. The molecule has 1 saturated heterocycles. The molecular weight excluding hydrogens is 420 g/mol. The summed E-state index contributed by atoms with van der Waals surface area (Å²) in [5, 5.41) is 1.12. The number of rotatable bonds is 2. The fraction of sp³-hybridized carbons (Fsp3) is 0.148. The first-order valence-electron chi connectivity index (χ1n) is 10.8. The second-order valence-corrected chi connectivity index (χ2v) is 8.70. The Bertz CT molecular complexity index is 1420. The van der Waals surface area contributed by atoms with Gasteiger partial charge in [-0.1, -0.05) is 66.2 Å². The first-order chi connectivity index (χ1) is 15.6. The first-order valence-corrected chi connectivity index (χ1v) is 11.2. The highest BCUT2D eigenvalue weighted by atomic mass is 35.5. The standard InChI is InChI=1S/C27H19ClN2O2/c28-20-14-19-22(30-12-6-7-13-30)15-21(16-8-2-1-3-9-16)29-25(19)24-23(20)26(31)17-10-4-5-11-18(17)27(24)32/h1-5,8-11,14-15H,6-7,12-13H2. The molecule has 0 saturated carbocycles.